The van der Waals surface area contributed by atoms with Gasteiger partial charge in [-0.2, -0.15) is 13.2 Å². The van der Waals surface area contributed by atoms with E-state index in [4.69, 9.17) is 0 Å². The predicted molar refractivity (Wildman–Crippen MR) is 30.0 cm³/mol. The first-order chi connectivity index (χ1) is 5.02. The number of ketones is 1. The molecule has 5 heteroatoms. The Kier molecular flexibility index (Phi) is 2.17. The Morgan fingerprint density at radius 2 is 2.09 bits per heavy atom. The molecule has 1 atom stereocenters. The van der Waals surface area contributed by atoms with Crippen molar-refractivity contribution < 1.29 is 22.7 Å². The summed E-state index contributed by atoms with van der Waals surface area (Å²) in [6, 6.07) is 0. The van der Waals surface area contributed by atoms with Crippen LogP contribution in [0, 0.1) is 5.92 Å². The number of halogens is 3. The van der Waals surface area contributed by atoms with Gasteiger partial charge in [0.05, 0.1) is 0 Å². The van der Waals surface area contributed by atoms with Crippen LogP contribution in [0.4, 0.5) is 13.2 Å². The Hall–Kier alpha value is -0.580. The molecular formula is C6H7F3O2. The number of hydrogen-bond acceptors (Lipinski definition) is 2. The molecule has 1 unspecified atom stereocenters. The molecule has 0 bridgehead atoms. The summed E-state index contributed by atoms with van der Waals surface area (Å²) >= 11 is 0. The van der Waals surface area contributed by atoms with E-state index in [1.54, 1.807) is 0 Å². The number of alkyl halides is 3. The standard InChI is InChI=1S/C6H7F3O2/c7-6(8,9)4-1-2-11-3-5(4)10/h4H,1-3H2. The maximum atomic E-state index is 11.9. The molecule has 0 aromatic carbocycles. The second-order valence-electron chi connectivity index (χ2n) is 2.40. The molecule has 1 saturated heterocycles. The lowest BCUT2D eigenvalue weighted by Gasteiger charge is -2.22. The van der Waals surface area contributed by atoms with E-state index in [1.807, 2.05) is 0 Å². The predicted octanol–water partition coefficient (Wildman–Crippen LogP) is 1.15. The number of hydrogen-bond donors (Lipinski definition) is 0. The first kappa shape index (κ1) is 8.52. The normalized spacial score (nSPS) is 27.2. The highest BCUT2D eigenvalue weighted by Crippen LogP contribution is 2.31. The van der Waals surface area contributed by atoms with Gasteiger partial charge in [-0.1, -0.05) is 0 Å². The first-order valence-electron chi connectivity index (χ1n) is 3.19. The minimum atomic E-state index is -4.39. The molecule has 11 heavy (non-hydrogen) atoms. The highest BCUT2D eigenvalue weighted by molar-refractivity contribution is 5.83. The van der Waals surface area contributed by atoms with E-state index in [0.29, 0.717) is 0 Å². The van der Waals surface area contributed by atoms with E-state index < -0.39 is 24.5 Å². The number of Topliss-reactive ketones (excluding diaryl/α,β-unsaturated/α-hetero) is 1. The van der Waals surface area contributed by atoms with Crippen molar-refractivity contribution in [2.24, 2.45) is 5.92 Å². The van der Waals surface area contributed by atoms with E-state index in [2.05, 4.69) is 4.74 Å². The van der Waals surface area contributed by atoms with Gasteiger partial charge in [0.1, 0.15) is 12.5 Å². The molecule has 0 aromatic rings. The Balaban J connectivity index is 2.62. The van der Waals surface area contributed by atoms with Crippen molar-refractivity contribution in [2.45, 2.75) is 12.6 Å². The van der Waals surface area contributed by atoms with Crippen molar-refractivity contribution in [3.8, 4) is 0 Å². The Bertz CT molecular complexity index is 164. The largest absolute Gasteiger partial charge is 0.398 e. The number of ether oxygens (including phenoxy) is 1. The molecule has 0 amide bonds. The molecule has 0 spiro atoms. The summed E-state index contributed by atoms with van der Waals surface area (Å²) < 4.78 is 40.3. The maximum Gasteiger partial charge on any atom is 0.398 e. The SMILES string of the molecule is O=C1COCCC1C(F)(F)F. The van der Waals surface area contributed by atoms with Gasteiger partial charge in [0.25, 0.3) is 0 Å². The molecule has 2 nitrogen and oxygen atoms in total. The second kappa shape index (κ2) is 2.81. The Morgan fingerprint density at radius 1 is 1.45 bits per heavy atom. The van der Waals surface area contributed by atoms with Crippen molar-refractivity contribution in [2.75, 3.05) is 13.2 Å². The van der Waals surface area contributed by atoms with Crippen molar-refractivity contribution in [1.29, 1.82) is 0 Å². The van der Waals surface area contributed by atoms with E-state index in [9.17, 15) is 18.0 Å². The number of rotatable bonds is 0. The molecule has 0 aromatic heterocycles. The Morgan fingerprint density at radius 3 is 2.45 bits per heavy atom. The molecule has 1 heterocycles. The van der Waals surface area contributed by atoms with Crippen LogP contribution in [0.5, 0.6) is 0 Å². The van der Waals surface area contributed by atoms with Crippen LogP contribution in [0.2, 0.25) is 0 Å². The summed E-state index contributed by atoms with van der Waals surface area (Å²) in [4.78, 5) is 10.6. The van der Waals surface area contributed by atoms with Gasteiger partial charge >= 0.3 is 6.18 Å². The monoisotopic (exact) mass is 168 g/mol. The fourth-order valence-corrected chi connectivity index (χ4v) is 0.982. The molecule has 1 fully saturated rings. The zero-order chi connectivity index (χ0) is 8.48. The van der Waals surface area contributed by atoms with Crippen LogP contribution in [-0.4, -0.2) is 25.2 Å². The average molecular weight is 168 g/mol. The lowest BCUT2D eigenvalue weighted by atomic mass is 9.99. The van der Waals surface area contributed by atoms with Crippen LogP contribution in [0.15, 0.2) is 0 Å². The third kappa shape index (κ3) is 1.92. The van der Waals surface area contributed by atoms with E-state index >= 15 is 0 Å². The summed E-state index contributed by atoms with van der Waals surface area (Å²) in [5, 5.41) is 0. The minimum Gasteiger partial charge on any atom is -0.374 e. The number of carbonyl (C=O) groups excluding carboxylic acids is 1. The van der Waals surface area contributed by atoms with E-state index in [-0.39, 0.29) is 13.0 Å². The van der Waals surface area contributed by atoms with Gasteiger partial charge in [0, 0.05) is 6.61 Å². The highest BCUT2D eigenvalue weighted by atomic mass is 19.4. The van der Waals surface area contributed by atoms with Crippen molar-refractivity contribution >= 4 is 5.78 Å². The number of carbonyl (C=O) groups is 1. The topological polar surface area (TPSA) is 26.3 Å². The third-order valence-corrected chi connectivity index (χ3v) is 1.58. The van der Waals surface area contributed by atoms with Crippen molar-refractivity contribution in [3.63, 3.8) is 0 Å². The minimum absolute atomic E-state index is 0.0237. The first-order valence-corrected chi connectivity index (χ1v) is 3.19. The van der Waals surface area contributed by atoms with Gasteiger partial charge in [-0.25, -0.2) is 0 Å². The lowest BCUT2D eigenvalue weighted by molar-refractivity contribution is -0.193. The highest BCUT2D eigenvalue weighted by Gasteiger charge is 2.45. The Labute approximate surface area is 61.3 Å². The third-order valence-electron chi connectivity index (χ3n) is 1.58. The van der Waals surface area contributed by atoms with Crippen LogP contribution in [0.25, 0.3) is 0 Å². The van der Waals surface area contributed by atoms with E-state index in [0.717, 1.165) is 0 Å². The van der Waals surface area contributed by atoms with Gasteiger partial charge < -0.3 is 4.74 Å². The molecule has 1 aliphatic heterocycles. The van der Waals surface area contributed by atoms with Crippen LogP contribution >= 0.6 is 0 Å². The molecule has 0 radical (unpaired) electrons. The summed E-state index contributed by atoms with van der Waals surface area (Å²) in [5.74, 6) is -2.65. The van der Waals surface area contributed by atoms with Gasteiger partial charge in [0.15, 0.2) is 5.78 Å². The fraction of sp³-hybridized carbons (Fsp3) is 0.833. The van der Waals surface area contributed by atoms with Gasteiger partial charge in [0.2, 0.25) is 0 Å². The quantitative estimate of drug-likeness (QED) is 0.542. The molecule has 0 aliphatic carbocycles. The lowest BCUT2D eigenvalue weighted by Crippen LogP contribution is -2.37. The van der Waals surface area contributed by atoms with Crippen LogP contribution in [0.3, 0.4) is 0 Å². The smallest absolute Gasteiger partial charge is 0.374 e. The molecule has 1 aliphatic rings. The zero-order valence-electron chi connectivity index (χ0n) is 5.65. The zero-order valence-corrected chi connectivity index (χ0v) is 5.65. The van der Waals surface area contributed by atoms with Crippen LogP contribution in [0.1, 0.15) is 6.42 Å². The van der Waals surface area contributed by atoms with Crippen LogP contribution < -0.4 is 0 Å². The van der Waals surface area contributed by atoms with Gasteiger partial charge in [-0.05, 0) is 6.42 Å². The molecule has 0 N–H and O–H groups in total. The average Bonchev–Trinajstić information content (AvgIpc) is 1.86. The fourth-order valence-electron chi connectivity index (χ4n) is 0.982. The van der Waals surface area contributed by atoms with Gasteiger partial charge in [-0.3, -0.25) is 4.79 Å². The van der Waals surface area contributed by atoms with Crippen LogP contribution in [-0.2, 0) is 9.53 Å². The molecule has 64 valence electrons. The molecule has 1 rings (SSSR count). The van der Waals surface area contributed by atoms with E-state index in [1.165, 1.54) is 0 Å². The summed E-state index contributed by atoms with van der Waals surface area (Å²) in [7, 11) is 0. The maximum absolute atomic E-state index is 11.9. The summed E-state index contributed by atoms with van der Waals surface area (Å²) in [5.41, 5.74) is 0. The van der Waals surface area contributed by atoms with Gasteiger partial charge in [-0.15, -0.1) is 0 Å². The van der Waals surface area contributed by atoms with Crippen molar-refractivity contribution in [1.82, 2.24) is 0 Å². The second-order valence-corrected chi connectivity index (χ2v) is 2.40. The summed E-state index contributed by atoms with van der Waals surface area (Å²) in [6.07, 6.45) is -4.62. The molecule has 0 saturated carbocycles. The summed E-state index contributed by atoms with van der Waals surface area (Å²) in [6.45, 7) is -0.375. The van der Waals surface area contributed by atoms with Crippen molar-refractivity contribution in [3.05, 3.63) is 0 Å². The molecular weight excluding hydrogens is 161 g/mol.